The number of primary amides is 1. The summed E-state index contributed by atoms with van der Waals surface area (Å²) in [6.45, 7) is 1.54. The zero-order valence-corrected chi connectivity index (χ0v) is 13.1. The molecule has 0 saturated heterocycles. The Balaban J connectivity index is 2.23. The summed E-state index contributed by atoms with van der Waals surface area (Å²) in [5.41, 5.74) is 5.60. The lowest BCUT2D eigenvalue weighted by molar-refractivity contribution is 0.0772. The molecule has 0 unspecified atom stereocenters. The molecule has 2 aromatic carbocycles. The number of carbonyl (C=O) groups excluding carboxylic acids is 1. The fourth-order valence-corrected chi connectivity index (χ4v) is 2.49. The maximum absolute atomic E-state index is 14.3. The van der Waals surface area contributed by atoms with E-state index in [1.54, 1.807) is 6.92 Å². The smallest absolute Gasteiger partial charge is 0.251 e. The zero-order chi connectivity index (χ0) is 17.1. The standard InChI is InChI=1S/C17H16ClF2NO2/c1-9-2-3-11(15(20)14(9)17(21)23)8-13(19)16(22)10-4-6-12(18)7-5-10/h2-7,13,16,22H,8H2,1H3,(H2,21,23)/t13-,16-/m1/s1. The average Bonchev–Trinajstić information content (AvgIpc) is 2.50. The van der Waals surface area contributed by atoms with Gasteiger partial charge in [0.05, 0.1) is 5.56 Å². The molecule has 0 saturated carbocycles. The third-order valence-electron chi connectivity index (χ3n) is 3.65. The van der Waals surface area contributed by atoms with E-state index in [1.165, 1.54) is 36.4 Å². The molecule has 0 fully saturated rings. The van der Waals surface area contributed by atoms with Gasteiger partial charge in [-0.05, 0) is 35.7 Å². The summed E-state index contributed by atoms with van der Waals surface area (Å²) in [6.07, 6.45) is -3.55. The van der Waals surface area contributed by atoms with E-state index in [2.05, 4.69) is 0 Å². The van der Waals surface area contributed by atoms with Gasteiger partial charge in [-0.2, -0.15) is 0 Å². The van der Waals surface area contributed by atoms with Gasteiger partial charge in [-0.1, -0.05) is 35.9 Å². The molecule has 0 aromatic heterocycles. The monoisotopic (exact) mass is 339 g/mol. The first-order valence-electron chi connectivity index (χ1n) is 6.96. The number of hydrogen-bond donors (Lipinski definition) is 2. The number of aryl methyl sites for hydroxylation is 1. The molecule has 2 rings (SSSR count). The third kappa shape index (κ3) is 3.86. The number of nitrogens with two attached hydrogens (primary N) is 1. The van der Waals surface area contributed by atoms with Crippen LogP contribution in [0.2, 0.25) is 5.02 Å². The van der Waals surface area contributed by atoms with Gasteiger partial charge in [-0.25, -0.2) is 8.78 Å². The minimum atomic E-state index is -1.74. The Labute approximate surface area is 137 Å². The highest BCUT2D eigenvalue weighted by Gasteiger charge is 2.24. The van der Waals surface area contributed by atoms with Gasteiger partial charge in [-0.15, -0.1) is 0 Å². The Kier molecular flexibility index (Phi) is 5.34. The van der Waals surface area contributed by atoms with Crippen LogP contribution in [0.25, 0.3) is 0 Å². The van der Waals surface area contributed by atoms with Gasteiger partial charge in [0.15, 0.2) is 0 Å². The van der Waals surface area contributed by atoms with Crippen molar-refractivity contribution in [3.8, 4) is 0 Å². The predicted octanol–water partition coefficient (Wildman–Crippen LogP) is 3.50. The second-order valence-corrected chi connectivity index (χ2v) is 5.75. The lowest BCUT2D eigenvalue weighted by atomic mass is 9.96. The summed E-state index contributed by atoms with van der Waals surface area (Å²) in [5.74, 6) is -1.75. The van der Waals surface area contributed by atoms with Crippen molar-refractivity contribution < 1.29 is 18.7 Å². The molecule has 23 heavy (non-hydrogen) atoms. The van der Waals surface area contributed by atoms with Crippen molar-refractivity contribution in [2.45, 2.75) is 25.6 Å². The SMILES string of the molecule is Cc1ccc(C[C@@H](F)[C@H](O)c2ccc(Cl)cc2)c(F)c1C(N)=O. The van der Waals surface area contributed by atoms with Crippen molar-refractivity contribution in [2.75, 3.05) is 0 Å². The normalized spacial score (nSPS) is 13.6. The predicted molar refractivity (Wildman–Crippen MR) is 84.7 cm³/mol. The Morgan fingerprint density at radius 2 is 1.87 bits per heavy atom. The summed E-state index contributed by atoms with van der Waals surface area (Å²) in [5, 5.41) is 10.5. The van der Waals surface area contributed by atoms with Crippen LogP contribution < -0.4 is 5.73 Å². The fourth-order valence-electron chi connectivity index (χ4n) is 2.37. The Bertz CT molecular complexity index is 719. The lowest BCUT2D eigenvalue weighted by Gasteiger charge is -2.17. The fraction of sp³-hybridized carbons (Fsp3) is 0.235. The summed E-state index contributed by atoms with van der Waals surface area (Å²) in [4.78, 5) is 11.3. The lowest BCUT2D eigenvalue weighted by Crippen LogP contribution is -2.20. The molecule has 122 valence electrons. The Hall–Kier alpha value is -1.98. The first kappa shape index (κ1) is 17.4. The molecule has 1 amide bonds. The largest absolute Gasteiger partial charge is 0.385 e. The number of hydrogen-bond acceptors (Lipinski definition) is 2. The Morgan fingerprint density at radius 1 is 1.26 bits per heavy atom. The van der Waals surface area contributed by atoms with E-state index in [1.807, 2.05) is 0 Å². The van der Waals surface area contributed by atoms with Crippen molar-refractivity contribution in [3.63, 3.8) is 0 Å². The van der Waals surface area contributed by atoms with Crippen molar-refractivity contribution in [2.24, 2.45) is 5.73 Å². The second-order valence-electron chi connectivity index (χ2n) is 5.31. The van der Waals surface area contributed by atoms with Gasteiger partial charge < -0.3 is 10.8 Å². The van der Waals surface area contributed by atoms with Gasteiger partial charge >= 0.3 is 0 Å². The van der Waals surface area contributed by atoms with Crippen LogP contribution in [0, 0.1) is 12.7 Å². The molecule has 0 bridgehead atoms. The number of carbonyl (C=O) groups is 1. The number of halogens is 3. The van der Waals surface area contributed by atoms with Crippen LogP contribution in [0.1, 0.15) is 33.2 Å². The van der Waals surface area contributed by atoms with E-state index in [0.29, 0.717) is 16.1 Å². The van der Waals surface area contributed by atoms with E-state index >= 15 is 0 Å². The molecule has 0 aliphatic heterocycles. The van der Waals surface area contributed by atoms with Crippen LogP contribution in [0.3, 0.4) is 0 Å². The Morgan fingerprint density at radius 3 is 2.43 bits per heavy atom. The van der Waals surface area contributed by atoms with Crippen molar-refractivity contribution in [1.82, 2.24) is 0 Å². The van der Waals surface area contributed by atoms with Crippen LogP contribution in [-0.2, 0) is 6.42 Å². The molecule has 0 heterocycles. The van der Waals surface area contributed by atoms with E-state index in [4.69, 9.17) is 17.3 Å². The van der Waals surface area contributed by atoms with Crippen LogP contribution in [-0.4, -0.2) is 17.2 Å². The summed E-state index contributed by atoms with van der Waals surface area (Å²) in [7, 11) is 0. The van der Waals surface area contributed by atoms with Gasteiger partial charge in [0.2, 0.25) is 0 Å². The van der Waals surface area contributed by atoms with Crippen LogP contribution in [0.5, 0.6) is 0 Å². The van der Waals surface area contributed by atoms with Crippen LogP contribution in [0.4, 0.5) is 8.78 Å². The number of benzene rings is 2. The highest BCUT2D eigenvalue weighted by molar-refractivity contribution is 6.30. The molecule has 2 atom stereocenters. The van der Waals surface area contributed by atoms with E-state index in [9.17, 15) is 18.7 Å². The molecule has 3 N–H and O–H groups in total. The quantitative estimate of drug-likeness (QED) is 0.875. The van der Waals surface area contributed by atoms with Gasteiger partial charge in [0, 0.05) is 11.4 Å². The second kappa shape index (κ2) is 7.06. The highest BCUT2D eigenvalue weighted by Crippen LogP contribution is 2.26. The molecule has 0 aliphatic carbocycles. The van der Waals surface area contributed by atoms with Gasteiger partial charge in [0.25, 0.3) is 5.91 Å². The zero-order valence-electron chi connectivity index (χ0n) is 12.4. The first-order valence-corrected chi connectivity index (χ1v) is 7.34. The summed E-state index contributed by atoms with van der Waals surface area (Å²) >= 11 is 5.74. The van der Waals surface area contributed by atoms with E-state index < -0.39 is 24.0 Å². The first-order chi connectivity index (χ1) is 10.8. The molecule has 3 nitrogen and oxygen atoms in total. The van der Waals surface area contributed by atoms with Crippen LogP contribution >= 0.6 is 11.6 Å². The number of aliphatic hydroxyl groups excluding tert-OH is 1. The molecular weight excluding hydrogens is 324 g/mol. The minimum Gasteiger partial charge on any atom is -0.385 e. The molecule has 0 radical (unpaired) electrons. The number of alkyl halides is 1. The van der Waals surface area contributed by atoms with E-state index in [0.717, 1.165) is 0 Å². The number of aliphatic hydroxyl groups is 1. The van der Waals surface area contributed by atoms with Crippen molar-refractivity contribution >= 4 is 17.5 Å². The van der Waals surface area contributed by atoms with Gasteiger partial charge in [-0.3, -0.25) is 4.79 Å². The summed E-state index contributed by atoms with van der Waals surface area (Å²) in [6, 6.07) is 8.95. The van der Waals surface area contributed by atoms with Crippen molar-refractivity contribution in [3.05, 3.63) is 69.5 Å². The van der Waals surface area contributed by atoms with Crippen molar-refractivity contribution in [1.29, 1.82) is 0 Å². The highest BCUT2D eigenvalue weighted by atomic mass is 35.5. The summed E-state index contributed by atoms with van der Waals surface area (Å²) < 4.78 is 28.6. The topological polar surface area (TPSA) is 63.3 Å². The molecular formula is C17H16ClF2NO2. The maximum Gasteiger partial charge on any atom is 0.251 e. The van der Waals surface area contributed by atoms with Gasteiger partial charge in [0.1, 0.15) is 18.1 Å². The van der Waals surface area contributed by atoms with E-state index in [-0.39, 0.29) is 17.5 Å². The number of amides is 1. The molecule has 6 heteroatoms. The molecule has 2 aromatic rings. The molecule has 0 aliphatic rings. The third-order valence-corrected chi connectivity index (χ3v) is 3.90. The van der Waals surface area contributed by atoms with Crippen LogP contribution in [0.15, 0.2) is 36.4 Å². The molecule has 0 spiro atoms. The number of rotatable bonds is 5. The average molecular weight is 340 g/mol. The maximum atomic E-state index is 14.3. The minimum absolute atomic E-state index is 0.00934.